The third-order valence-corrected chi connectivity index (χ3v) is 1.67. The summed E-state index contributed by atoms with van der Waals surface area (Å²) in [6.07, 6.45) is 5.19. The third kappa shape index (κ3) is 2.12. The van der Waals surface area contributed by atoms with Gasteiger partial charge in [-0.15, -0.1) is 0 Å². The predicted octanol–water partition coefficient (Wildman–Crippen LogP) is 2.23. The van der Waals surface area contributed by atoms with Crippen LogP contribution >= 0.6 is 0 Å². The number of nitrogens with one attached hydrogen (secondary N) is 1. The lowest BCUT2D eigenvalue weighted by molar-refractivity contribution is 0.781. The van der Waals surface area contributed by atoms with Crippen molar-refractivity contribution in [2.24, 2.45) is 0 Å². The summed E-state index contributed by atoms with van der Waals surface area (Å²) in [5.74, 6) is 0. The van der Waals surface area contributed by atoms with Crippen molar-refractivity contribution in [2.45, 2.75) is 26.2 Å². The van der Waals surface area contributed by atoms with Crippen LogP contribution in [0.3, 0.4) is 0 Å². The largest absolute Gasteiger partial charge is 0.364 e. The van der Waals surface area contributed by atoms with Crippen LogP contribution in [0, 0.1) is 11.3 Å². The van der Waals surface area contributed by atoms with Gasteiger partial charge >= 0.3 is 0 Å². The van der Waals surface area contributed by atoms with Crippen LogP contribution in [0.4, 0.5) is 0 Å². The Labute approximate surface area is 66.9 Å². The molecular formula is C9H12N2. The van der Waals surface area contributed by atoms with Gasteiger partial charge in [-0.25, -0.2) is 0 Å². The highest BCUT2D eigenvalue weighted by atomic mass is 14.7. The second-order valence-electron chi connectivity index (χ2n) is 2.63. The van der Waals surface area contributed by atoms with E-state index in [9.17, 15) is 0 Å². The first-order chi connectivity index (χ1) is 5.36. The Morgan fingerprint density at radius 3 is 3.00 bits per heavy atom. The summed E-state index contributed by atoms with van der Waals surface area (Å²) in [4.78, 5) is 3.07. The lowest BCUT2D eigenvalue weighted by Crippen LogP contribution is -1.82. The molecule has 0 unspecified atom stereocenters. The summed E-state index contributed by atoms with van der Waals surface area (Å²) in [6, 6.07) is 4.00. The van der Waals surface area contributed by atoms with Gasteiger partial charge in [-0.1, -0.05) is 13.3 Å². The van der Waals surface area contributed by atoms with E-state index in [4.69, 9.17) is 5.26 Å². The van der Waals surface area contributed by atoms with E-state index in [1.807, 2.05) is 6.07 Å². The molecule has 0 radical (unpaired) electrons. The second kappa shape index (κ2) is 3.82. The van der Waals surface area contributed by atoms with Crippen molar-refractivity contribution < 1.29 is 0 Å². The maximum atomic E-state index is 8.51. The molecule has 0 amide bonds. The highest BCUT2D eigenvalue weighted by Crippen LogP contribution is 2.05. The summed E-state index contributed by atoms with van der Waals surface area (Å²) < 4.78 is 0. The Bertz CT molecular complexity index is 255. The molecule has 0 atom stereocenters. The van der Waals surface area contributed by atoms with E-state index >= 15 is 0 Å². The number of hydrogen-bond donors (Lipinski definition) is 1. The minimum Gasteiger partial charge on any atom is -0.364 e. The van der Waals surface area contributed by atoms with Crippen LogP contribution in [0.5, 0.6) is 0 Å². The first-order valence-corrected chi connectivity index (χ1v) is 3.94. The minimum atomic E-state index is 0.733. The van der Waals surface area contributed by atoms with Crippen molar-refractivity contribution >= 4 is 0 Å². The molecule has 0 saturated heterocycles. The van der Waals surface area contributed by atoms with E-state index in [-0.39, 0.29) is 0 Å². The van der Waals surface area contributed by atoms with E-state index in [1.54, 1.807) is 6.20 Å². The fraction of sp³-hybridized carbons (Fsp3) is 0.444. The zero-order valence-electron chi connectivity index (χ0n) is 6.72. The van der Waals surface area contributed by atoms with Crippen LogP contribution in [0.1, 0.15) is 31.0 Å². The number of nitriles is 1. The van der Waals surface area contributed by atoms with Crippen LogP contribution in [0.25, 0.3) is 0 Å². The van der Waals surface area contributed by atoms with Crippen LogP contribution < -0.4 is 0 Å². The standard InChI is InChI=1S/C9H12N2/c1-2-3-4-9-5-8(6-10)7-11-9/h5,7,11H,2-4H2,1H3. The maximum Gasteiger partial charge on any atom is 0.101 e. The first kappa shape index (κ1) is 7.87. The number of aromatic amines is 1. The van der Waals surface area contributed by atoms with Gasteiger partial charge in [0.1, 0.15) is 6.07 Å². The smallest absolute Gasteiger partial charge is 0.101 e. The molecule has 0 aliphatic rings. The molecule has 0 saturated carbocycles. The summed E-state index contributed by atoms with van der Waals surface area (Å²) >= 11 is 0. The molecule has 1 aromatic heterocycles. The van der Waals surface area contributed by atoms with Crippen LogP contribution in [0.2, 0.25) is 0 Å². The number of unbranched alkanes of at least 4 members (excludes halogenated alkanes) is 1. The number of aryl methyl sites for hydroxylation is 1. The van der Waals surface area contributed by atoms with Gasteiger partial charge in [0.25, 0.3) is 0 Å². The lowest BCUT2D eigenvalue weighted by atomic mass is 10.2. The number of aromatic nitrogens is 1. The molecule has 1 rings (SSSR count). The van der Waals surface area contributed by atoms with Crippen molar-refractivity contribution in [3.05, 3.63) is 23.5 Å². The molecule has 0 aliphatic carbocycles. The molecule has 0 bridgehead atoms. The molecule has 1 N–H and O–H groups in total. The van der Waals surface area contributed by atoms with Crippen LogP contribution in [0.15, 0.2) is 12.3 Å². The number of rotatable bonds is 3. The first-order valence-electron chi connectivity index (χ1n) is 3.94. The topological polar surface area (TPSA) is 39.6 Å². The summed E-state index contributed by atoms with van der Waals surface area (Å²) in [5, 5.41) is 8.51. The number of hydrogen-bond acceptors (Lipinski definition) is 1. The Morgan fingerprint density at radius 2 is 2.45 bits per heavy atom. The Kier molecular flexibility index (Phi) is 2.74. The molecule has 2 heteroatoms. The SMILES string of the molecule is CCCCc1cc(C#N)c[nH]1. The summed E-state index contributed by atoms with van der Waals surface area (Å²) in [6.45, 7) is 2.16. The van der Waals surface area contributed by atoms with Gasteiger partial charge in [-0.2, -0.15) is 5.26 Å². The highest BCUT2D eigenvalue weighted by molar-refractivity contribution is 5.28. The molecule has 11 heavy (non-hydrogen) atoms. The summed E-state index contributed by atoms with van der Waals surface area (Å²) in [7, 11) is 0. The fourth-order valence-corrected chi connectivity index (χ4v) is 1.02. The Hall–Kier alpha value is -1.23. The molecule has 58 valence electrons. The van der Waals surface area contributed by atoms with Gasteiger partial charge in [-0.3, -0.25) is 0 Å². The van der Waals surface area contributed by atoms with E-state index in [1.165, 1.54) is 18.5 Å². The van der Waals surface area contributed by atoms with Gasteiger partial charge in [0.2, 0.25) is 0 Å². The maximum absolute atomic E-state index is 8.51. The molecule has 0 aliphatic heterocycles. The van der Waals surface area contributed by atoms with Gasteiger partial charge in [0.15, 0.2) is 0 Å². The minimum absolute atomic E-state index is 0.733. The zero-order chi connectivity index (χ0) is 8.10. The number of H-pyrrole nitrogens is 1. The lowest BCUT2D eigenvalue weighted by Gasteiger charge is -1.91. The van der Waals surface area contributed by atoms with E-state index < -0.39 is 0 Å². The second-order valence-corrected chi connectivity index (χ2v) is 2.63. The fourth-order valence-electron chi connectivity index (χ4n) is 1.02. The van der Waals surface area contributed by atoms with Crippen molar-refractivity contribution in [1.29, 1.82) is 5.26 Å². The van der Waals surface area contributed by atoms with Crippen LogP contribution in [-0.2, 0) is 6.42 Å². The predicted molar refractivity (Wildman–Crippen MR) is 44.1 cm³/mol. The van der Waals surface area contributed by atoms with E-state index in [0.29, 0.717) is 0 Å². The number of nitrogens with zero attached hydrogens (tertiary/aromatic N) is 1. The average molecular weight is 148 g/mol. The molecule has 0 fully saturated rings. The quantitative estimate of drug-likeness (QED) is 0.701. The van der Waals surface area contributed by atoms with Gasteiger partial charge in [0.05, 0.1) is 5.56 Å². The van der Waals surface area contributed by atoms with E-state index in [2.05, 4.69) is 18.0 Å². The van der Waals surface area contributed by atoms with E-state index in [0.717, 1.165) is 12.0 Å². The molecular weight excluding hydrogens is 136 g/mol. The highest BCUT2D eigenvalue weighted by Gasteiger charge is 1.95. The molecule has 1 heterocycles. The van der Waals surface area contributed by atoms with Crippen molar-refractivity contribution in [2.75, 3.05) is 0 Å². The van der Waals surface area contributed by atoms with Crippen LogP contribution in [-0.4, -0.2) is 4.98 Å². The molecule has 0 spiro atoms. The normalized spacial score (nSPS) is 9.45. The zero-order valence-corrected chi connectivity index (χ0v) is 6.72. The average Bonchev–Trinajstić information content (AvgIpc) is 2.48. The summed E-state index contributed by atoms with van der Waals surface area (Å²) in [5.41, 5.74) is 1.90. The van der Waals surface area contributed by atoms with Crippen molar-refractivity contribution in [1.82, 2.24) is 4.98 Å². The van der Waals surface area contributed by atoms with Crippen molar-refractivity contribution in [3.63, 3.8) is 0 Å². The molecule has 0 aromatic carbocycles. The van der Waals surface area contributed by atoms with Gasteiger partial charge in [-0.05, 0) is 18.9 Å². The third-order valence-electron chi connectivity index (χ3n) is 1.67. The Balaban J connectivity index is 2.53. The van der Waals surface area contributed by atoms with Gasteiger partial charge in [0, 0.05) is 11.9 Å². The van der Waals surface area contributed by atoms with Crippen molar-refractivity contribution in [3.8, 4) is 6.07 Å². The Morgan fingerprint density at radius 1 is 1.64 bits per heavy atom. The molecule has 1 aromatic rings. The monoisotopic (exact) mass is 148 g/mol. The molecule has 2 nitrogen and oxygen atoms in total. The van der Waals surface area contributed by atoms with Gasteiger partial charge < -0.3 is 4.98 Å².